The molecule has 6 nitrogen and oxygen atoms in total. The molecule has 57 heavy (non-hydrogen) atoms. The highest BCUT2D eigenvalue weighted by atomic mass is 32.1. The molecule has 0 spiro atoms. The van der Waals surface area contributed by atoms with E-state index in [0.717, 1.165) is 91.2 Å². The van der Waals surface area contributed by atoms with E-state index in [1.165, 1.54) is 4.70 Å². The fraction of sp³-hybridized carbons (Fsp3) is 0. The molecule has 0 aliphatic rings. The lowest BCUT2D eigenvalue weighted by Crippen LogP contribution is -2.00. The van der Waals surface area contributed by atoms with Crippen molar-refractivity contribution < 1.29 is 4.42 Å². The van der Waals surface area contributed by atoms with Gasteiger partial charge in [0, 0.05) is 63.3 Å². The minimum absolute atomic E-state index is 0.560. The molecule has 7 aromatic carbocycles. The monoisotopic (exact) mass is 765 g/mol. The molecule has 0 bridgehead atoms. The third kappa shape index (κ3) is 5.19. The number of benzene rings is 7. The number of furan rings is 1. The van der Waals surface area contributed by atoms with Crippen molar-refractivity contribution >= 4 is 85.1 Å². The van der Waals surface area contributed by atoms with E-state index in [1.54, 1.807) is 22.7 Å². The van der Waals surface area contributed by atoms with Crippen LogP contribution in [0.3, 0.4) is 0 Å². The first kappa shape index (κ1) is 32.1. The van der Waals surface area contributed by atoms with Gasteiger partial charge in [0.25, 0.3) is 0 Å². The first-order valence-corrected chi connectivity index (χ1v) is 20.3. The normalized spacial score (nSPS) is 11.9. The number of para-hydroxylation sites is 2. The molecule has 0 amide bonds. The number of fused-ring (bicyclic) bond motifs is 9. The fourth-order valence-corrected chi connectivity index (χ4v) is 10.2. The van der Waals surface area contributed by atoms with Gasteiger partial charge in [-0.25, -0.2) is 24.9 Å². The van der Waals surface area contributed by atoms with Crippen LogP contribution in [0.15, 0.2) is 168 Å². The van der Waals surface area contributed by atoms with E-state index in [0.29, 0.717) is 23.3 Å². The van der Waals surface area contributed by atoms with Crippen LogP contribution >= 0.6 is 22.7 Å². The van der Waals surface area contributed by atoms with Crippen molar-refractivity contribution in [2.24, 2.45) is 0 Å². The molecule has 0 saturated heterocycles. The standard InChI is InChI=1S/C49H27N5OS2/c1-3-13-28(14-4-1)42-45-43(34-18-8-10-23-38(34)57-45)51-48(50-42)35-20-12-24-39-41(35)33-26-25-30(27-40(33)56-39)47-52-46(29-15-5-2-6-16-29)53-49(54-47)36-21-11-19-32-31-17-7-9-22-37(31)55-44(32)36/h1-27H. The maximum absolute atomic E-state index is 6.43. The summed E-state index contributed by atoms with van der Waals surface area (Å²) in [5.41, 5.74) is 8.25. The molecule has 5 heterocycles. The highest BCUT2D eigenvalue weighted by molar-refractivity contribution is 7.26. The van der Waals surface area contributed by atoms with Crippen molar-refractivity contribution in [3.05, 3.63) is 164 Å². The maximum atomic E-state index is 6.43. The van der Waals surface area contributed by atoms with Crippen LogP contribution in [0.25, 0.3) is 119 Å². The smallest absolute Gasteiger partial charge is 0.167 e. The number of aromatic nitrogens is 5. The largest absolute Gasteiger partial charge is 0.455 e. The molecule has 0 atom stereocenters. The maximum Gasteiger partial charge on any atom is 0.167 e. The Hall–Kier alpha value is -7.13. The average molecular weight is 766 g/mol. The van der Waals surface area contributed by atoms with Crippen molar-refractivity contribution in [2.75, 3.05) is 0 Å². The van der Waals surface area contributed by atoms with Crippen LogP contribution < -0.4 is 0 Å². The van der Waals surface area contributed by atoms with Gasteiger partial charge < -0.3 is 4.42 Å². The molecule has 8 heteroatoms. The molecule has 0 radical (unpaired) electrons. The van der Waals surface area contributed by atoms with E-state index < -0.39 is 0 Å². The molecule has 0 saturated carbocycles. The van der Waals surface area contributed by atoms with E-state index in [-0.39, 0.29) is 0 Å². The van der Waals surface area contributed by atoms with Crippen LogP contribution in [0, 0.1) is 0 Å². The number of hydrogen-bond donors (Lipinski definition) is 0. The van der Waals surface area contributed by atoms with Crippen LogP contribution in [0.1, 0.15) is 0 Å². The van der Waals surface area contributed by atoms with Crippen molar-refractivity contribution in [2.45, 2.75) is 0 Å². The van der Waals surface area contributed by atoms with Gasteiger partial charge in [0.15, 0.2) is 23.3 Å². The quantitative estimate of drug-likeness (QED) is 0.174. The lowest BCUT2D eigenvalue weighted by Gasteiger charge is -2.09. The first-order valence-electron chi connectivity index (χ1n) is 18.7. The fourth-order valence-electron chi connectivity index (χ4n) is 7.92. The van der Waals surface area contributed by atoms with Crippen LogP contribution in [-0.2, 0) is 0 Å². The van der Waals surface area contributed by atoms with Gasteiger partial charge in [-0.2, -0.15) is 0 Å². The lowest BCUT2D eigenvalue weighted by molar-refractivity contribution is 0.669. The summed E-state index contributed by atoms with van der Waals surface area (Å²) in [4.78, 5) is 25.9. The van der Waals surface area contributed by atoms with Crippen molar-refractivity contribution in [3.8, 4) is 56.8 Å². The van der Waals surface area contributed by atoms with E-state index >= 15 is 0 Å². The van der Waals surface area contributed by atoms with Crippen molar-refractivity contribution in [1.82, 2.24) is 24.9 Å². The molecule has 0 aliphatic heterocycles. The third-order valence-corrected chi connectivity index (χ3v) is 12.9. The van der Waals surface area contributed by atoms with Crippen molar-refractivity contribution in [1.29, 1.82) is 0 Å². The zero-order valence-corrected chi connectivity index (χ0v) is 31.7. The van der Waals surface area contributed by atoms with E-state index in [1.807, 2.05) is 66.7 Å². The molecule has 266 valence electrons. The SMILES string of the molecule is c1ccc(-c2nc(-c3ccc4c(c3)sc3cccc(-c5nc(-c6ccccc6)c6sc7ccccc7c6n5)c34)nc(-c3cccc4c3oc3ccccc34)n2)cc1. The highest BCUT2D eigenvalue weighted by Gasteiger charge is 2.21. The second-order valence-corrected chi connectivity index (χ2v) is 16.1. The van der Waals surface area contributed by atoms with Crippen LogP contribution in [0.4, 0.5) is 0 Å². The van der Waals surface area contributed by atoms with Gasteiger partial charge in [0.1, 0.15) is 11.2 Å². The molecule has 0 aliphatic carbocycles. The Morgan fingerprint density at radius 2 is 1.04 bits per heavy atom. The molecule has 0 unspecified atom stereocenters. The van der Waals surface area contributed by atoms with Crippen LogP contribution in [-0.4, -0.2) is 24.9 Å². The first-order chi connectivity index (χ1) is 28.2. The van der Waals surface area contributed by atoms with Gasteiger partial charge in [-0.05, 0) is 30.3 Å². The number of hydrogen-bond acceptors (Lipinski definition) is 8. The number of rotatable bonds is 5. The zero-order chi connectivity index (χ0) is 37.5. The Labute approximate surface area is 333 Å². The van der Waals surface area contributed by atoms with Gasteiger partial charge in [-0.1, -0.05) is 133 Å². The van der Waals surface area contributed by atoms with Crippen molar-refractivity contribution in [3.63, 3.8) is 0 Å². The number of nitrogens with zero attached hydrogens (tertiary/aromatic N) is 5. The summed E-state index contributed by atoms with van der Waals surface area (Å²) in [5, 5.41) is 5.51. The summed E-state index contributed by atoms with van der Waals surface area (Å²) < 4.78 is 11.0. The molecular formula is C49H27N5OS2. The van der Waals surface area contributed by atoms with Gasteiger partial charge in [-0.3, -0.25) is 0 Å². The van der Waals surface area contributed by atoms with Gasteiger partial charge >= 0.3 is 0 Å². The average Bonchev–Trinajstić information content (AvgIpc) is 3.97. The Balaban J connectivity index is 1.04. The molecule has 12 rings (SSSR count). The van der Waals surface area contributed by atoms with Gasteiger partial charge in [0.05, 0.1) is 21.5 Å². The predicted octanol–water partition coefficient (Wildman–Crippen LogP) is 13.6. The second-order valence-electron chi connectivity index (χ2n) is 14.0. The summed E-state index contributed by atoms with van der Waals surface area (Å²) in [6.07, 6.45) is 0. The zero-order valence-electron chi connectivity index (χ0n) is 30.0. The van der Waals surface area contributed by atoms with Gasteiger partial charge in [-0.15, -0.1) is 22.7 Å². The minimum Gasteiger partial charge on any atom is -0.455 e. The number of thiophene rings is 2. The summed E-state index contributed by atoms with van der Waals surface area (Å²) in [5.74, 6) is 2.47. The van der Waals surface area contributed by atoms with Crippen LogP contribution in [0.5, 0.6) is 0 Å². The molecule has 0 fully saturated rings. The molecular weight excluding hydrogens is 739 g/mol. The molecule has 5 aromatic heterocycles. The van der Waals surface area contributed by atoms with E-state index in [9.17, 15) is 0 Å². The Bertz CT molecular complexity index is 3540. The third-order valence-electron chi connectivity index (χ3n) is 10.6. The summed E-state index contributed by atoms with van der Waals surface area (Å²) >= 11 is 3.50. The Morgan fingerprint density at radius 1 is 0.386 bits per heavy atom. The Morgan fingerprint density at radius 3 is 1.89 bits per heavy atom. The molecule has 12 aromatic rings. The topological polar surface area (TPSA) is 77.6 Å². The summed E-state index contributed by atoms with van der Waals surface area (Å²) in [6, 6.07) is 56.2. The Kier molecular flexibility index (Phi) is 7.17. The van der Waals surface area contributed by atoms with Gasteiger partial charge in [0.2, 0.25) is 0 Å². The summed E-state index contributed by atoms with van der Waals surface area (Å²) in [7, 11) is 0. The van der Waals surface area contributed by atoms with E-state index in [4.69, 9.17) is 29.3 Å². The van der Waals surface area contributed by atoms with E-state index in [2.05, 4.69) is 97.1 Å². The second kappa shape index (κ2) is 12.7. The lowest BCUT2D eigenvalue weighted by atomic mass is 10.0. The highest BCUT2D eigenvalue weighted by Crippen LogP contribution is 2.44. The van der Waals surface area contributed by atoms with Crippen LogP contribution in [0.2, 0.25) is 0 Å². The molecule has 0 N–H and O–H groups in total. The minimum atomic E-state index is 0.560. The predicted molar refractivity (Wildman–Crippen MR) is 236 cm³/mol. The summed E-state index contributed by atoms with van der Waals surface area (Å²) in [6.45, 7) is 0.